The van der Waals surface area contributed by atoms with Gasteiger partial charge >= 0.3 is 0 Å². The van der Waals surface area contributed by atoms with Crippen LogP contribution in [0.5, 0.6) is 0 Å². The summed E-state index contributed by atoms with van der Waals surface area (Å²) in [6.07, 6.45) is 4.32. The van der Waals surface area contributed by atoms with E-state index in [4.69, 9.17) is 0 Å². The third kappa shape index (κ3) is 2.01. The summed E-state index contributed by atoms with van der Waals surface area (Å²) < 4.78 is 0. The molecule has 0 aromatic heterocycles. The third-order valence-electron chi connectivity index (χ3n) is 4.81. The number of rotatable bonds is 1. The zero-order chi connectivity index (χ0) is 11.0. The van der Waals surface area contributed by atoms with Crippen LogP contribution in [-0.4, -0.2) is 61.2 Å². The van der Waals surface area contributed by atoms with Crippen molar-refractivity contribution in [3.63, 3.8) is 0 Å². The second-order valence-corrected chi connectivity index (χ2v) is 5.88. The van der Waals surface area contributed by atoms with Crippen molar-refractivity contribution in [2.45, 2.75) is 38.3 Å². The van der Waals surface area contributed by atoms with Crippen molar-refractivity contribution < 1.29 is 0 Å². The minimum atomic E-state index is 0.809. The largest absolute Gasteiger partial charge is 0.315 e. The fraction of sp³-hybridized carbons (Fsp3) is 1.00. The maximum Gasteiger partial charge on any atom is 0.0259 e. The van der Waals surface area contributed by atoms with Gasteiger partial charge in [0.15, 0.2) is 0 Å². The topological polar surface area (TPSA) is 18.5 Å². The van der Waals surface area contributed by atoms with Gasteiger partial charge in [0.25, 0.3) is 0 Å². The molecule has 92 valence electrons. The molecule has 3 aliphatic heterocycles. The predicted molar refractivity (Wildman–Crippen MR) is 66.6 cm³/mol. The highest BCUT2D eigenvalue weighted by Gasteiger charge is 2.35. The number of nitrogens with one attached hydrogen (secondary N) is 1. The molecule has 1 N–H and O–H groups in total. The fourth-order valence-corrected chi connectivity index (χ4v) is 3.77. The molecule has 3 aliphatic rings. The molecule has 3 rings (SSSR count). The average molecular weight is 223 g/mol. The van der Waals surface area contributed by atoms with E-state index >= 15 is 0 Å². The summed E-state index contributed by atoms with van der Waals surface area (Å²) in [7, 11) is 0. The highest BCUT2D eigenvalue weighted by atomic mass is 15.3. The van der Waals surface area contributed by atoms with Gasteiger partial charge in [-0.05, 0) is 31.8 Å². The van der Waals surface area contributed by atoms with Crippen molar-refractivity contribution in [2.24, 2.45) is 5.92 Å². The summed E-state index contributed by atoms with van der Waals surface area (Å²) in [5.41, 5.74) is 0. The Kier molecular flexibility index (Phi) is 3.18. The summed E-state index contributed by atoms with van der Waals surface area (Å²) in [5.74, 6) is 0.843. The lowest BCUT2D eigenvalue weighted by molar-refractivity contribution is 0.0236. The molecule has 3 unspecified atom stereocenters. The van der Waals surface area contributed by atoms with Gasteiger partial charge in [0.05, 0.1) is 0 Å². The highest BCUT2D eigenvalue weighted by molar-refractivity contribution is 4.92. The molecule has 3 heteroatoms. The lowest BCUT2D eigenvalue weighted by atomic mass is 9.96. The molecule has 0 aromatic carbocycles. The molecule has 0 aromatic rings. The van der Waals surface area contributed by atoms with E-state index in [2.05, 4.69) is 22.0 Å². The Labute approximate surface area is 99.2 Å². The lowest BCUT2D eigenvalue weighted by Gasteiger charge is -2.46. The first kappa shape index (κ1) is 11.0. The SMILES string of the molecule is CC1CNCC1N1CCN2CCCCC2C1. The average Bonchev–Trinajstić information content (AvgIpc) is 2.75. The summed E-state index contributed by atoms with van der Waals surface area (Å²) in [6, 6.07) is 1.68. The summed E-state index contributed by atoms with van der Waals surface area (Å²) in [5, 5.41) is 3.54. The van der Waals surface area contributed by atoms with E-state index in [9.17, 15) is 0 Å². The standard InChI is InChI=1S/C13H25N3/c1-11-8-14-9-13(11)16-7-6-15-5-3-2-4-12(15)10-16/h11-14H,2-10H2,1H3. The van der Waals surface area contributed by atoms with Gasteiger partial charge in [-0.2, -0.15) is 0 Å². The molecule has 3 saturated heterocycles. The van der Waals surface area contributed by atoms with Crippen LogP contribution in [0, 0.1) is 5.92 Å². The fourth-order valence-electron chi connectivity index (χ4n) is 3.77. The van der Waals surface area contributed by atoms with Gasteiger partial charge in [-0.3, -0.25) is 9.80 Å². The minimum Gasteiger partial charge on any atom is -0.315 e. The van der Waals surface area contributed by atoms with Crippen LogP contribution >= 0.6 is 0 Å². The van der Waals surface area contributed by atoms with Crippen molar-refractivity contribution >= 4 is 0 Å². The lowest BCUT2D eigenvalue weighted by Crippen LogP contribution is -2.58. The van der Waals surface area contributed by atoms with Crippen LogP contribution < -0.4 is 5.32 Å². The Balaban J connectivity index is 1.61. The Morgan fingerprint density at radius 3 is 2.69 bits per heavy atom. The number of hydrogen-bond acceptors (Lipinski definition) is 3. The summed E-state index contributed by atoms with van der Waals surface area (Å²) in [4.78, 5) is 5.49. The summed E-state index contributed by atoms with van der Waals surface area (Å²) >= 11 is 0. The number of fused-ring (bicyclic) bond motifs is 1. The Bertz CT molecular complexity index is 243. The summed E-state index contributed by atoms with van der Waals surface area (Å²) in [6.45, 7) is 10.1. The molecule has 0 spiro atoms. The van der Waals surface area contributed by atoms with Crippen LogP contribution in [0.2, 0.25) is 0 Å². The normalized spacial score (nSPS) is 42.2. The number of piperidine rings is 1. The molecule has 0 aliphatic carbocycles. The predicted octanol–water partition coefficient (Wildman–Crippen LogP) is 0.764. The molecule has 0 saturated carbocycles. The van der Waals surface area contributed by atoms with Crippen molar-refractivity contribution in [2.75, 3.05) is 39.3 Å². The van der Waals surface area contributed by atoms with E-state index < -0.39 is 0 Å². The monoisotopic (exact) mass is 223 g/mol. The first-order valence-corrected chi connectivity index (χ1v) is 7.03. The van der Waals surface area contributed by atoms with Gasteiger partial charge in [0.1, 0.15) is 0 Å². The second kappa shape index (κ2) is 4.63. The van der Waals surface area contributed by atoms with Crippen LogP contribution in [-0.2, 0) is 0 Å². The molecule has 3 nitrogen and oxygen atoms in total. The third-order valence-corrected chi connectivity index (χ3v) is 4.81. The van der Waals surface area contributed by atoms with Crippen molar-refractivity contribution in [1.82, 2.24) is 15.1 Å². The first-order valence-electron chi connectivity index (χ1n) is 7.03. The van der Waals surface area contributed by atoms with E-state index in [1.807, 2.05) is 0 Å². The minimum absolute atomic E-state index is 0.809. The van der Waals surface area contributed by atoms with Crippen LogP contribution in [0.4, 0.5) is 0 Å². The molecule has 0 amide bonds. The molecule has 3 atom stereocenters. The van der Waals surface area contributed by atoms with E-state index in [-0.39, 0.29) is 0 Å². The van der Waals surface area contributed by atoms with E-state index in [1.165, 1.54) is 58.5 Å². The van der Waals surface area contributed by atoms with E-state index in [0.29, 0.717) is 0 Å². The van der Waals surface area contributed by atoms with Crippen LogP contribution in [0.15, 0.2) is 0 Å². The van der Waals surface area contributed by atoms with E-state index in [0.717, 1.165) is 18.0 Å². The van der Waals surface area contributed by atoms with Gasteiger partial charge in [-0.25, -0.2) is 0 Å². The molecule has 0 radical (unpaired) electrons. The Morgan fingerprint density at radius 2 is 1.88 bits per heavy atom. The number of hydrogen-bond donors (Lipinski definition) is 1. The smallest absolute Gasteiger partial charge is 0.0259 e. The maximum absolute atomic E-state index is 3.54. The van der Waals surface area contributed by atoms with Gasteiger partial charge in [-0.15, -0.1) is 0 Å². The van der Waals surface area contributed by atoms with Crippen molar-refractivity contribution in [3.05, 3.63) is 0 Å². The van der Waals surface area contributed by atoms with Crippen LogP contribution in [0.25, 0.3) is 0 Å². The molecular weight excluding hydrogens is 198 g/mol. The first-order chi connectivity index (χ1) is 7.84. The Hall–Kier alpha value is -0.120. The number of nitrogens with zero attached hydrogens (tertiary/aromatic N) is 2. The Morgan fingerprint density at radius 1 is 1.00 bits per heavy atom. The molecular formula is C13H25N3. The molecule has 3 fully saturated rings. The van der Waals surface area contributed by atoms with Crippen molar-refractivity contribution in [3.8, 4) is 0 Å². The van der Waals surface area contributed by atoms with Gasteiger partial charge < -0.3 is 5.32 Å². The van der Waals surface area contributed by atoms with Gasteiger partial charge in [0, 0.05) is 38.3 Å². The quantitative estimate of drug-likeness (QED) is 0.708. The molecule has 16 heavy (non-hydrogen) atoms. The molecule has 3 heterocycles. The molecule has 0 bridgehead atoms. The van der Waals surface area contributed by atoms with Crippen molar-refractivity contribution in [1.29, 1.82) is 0 Å². The second-order valence-electron chi connectivity index (χ2n) is 5.88. The van der Waals surface area contributed by atoms with Crippen LogP contribution in [0.3, 0.4) is 0 Å². The maximum atomic E-state index is 3.54. The zero-order valence-electron chi connectivity index (χ0n) is 10.5. The van der Waals surface area contributed by atoms with Crippen LogP contribution in [0.1, 0.15) is 26.2 Å². The van der Waals surface area contributed by atoms with Gasteiger partial charge in [0.2, 0.25) is 0 Å². The van der Waals surface area contributed by atoms with Gasteiger partial charge in [-0.1, -0.05) is 13.3 Å². The zero-order valence-corrected chi connectivity index (χ0v) is 10.5. The highest BCUT2D eigenvalue weighted by Crippen LogP contribution is 2.24. The number of piperazine rings is 1. The van der Waals surface area contributed by atoms with E-state index in [1.54, 1.807) is 0 Å².